The Morgan fingerprint density at radius 1 is 1.60 bits per heavy atom. The number of hydrogen-bond acceptors (Lipinski definition) is 4. The van der Waals surface area contributed by atoms with Gasteiger partial charge in [0.15, 0.2) is 11.5 Å². The Labute approximate surface area is 127 Å². The Balaban J connectivity index is 2.01. The van der Waals surface area contributed by atoms with Gasteiger partial charge in [-0.05, 0) is 40.0 Å². The first-order valence-electron chi connectivity index (χ1n) is 6.54. The number of phenols is 1. The zero-order valence-electron chi connectivity index (χ0n) is 11.6. The monoisotopic (exact) mass is 342 g/mol. The normalized spacial score (nSPS) is 19.1. The minimum Gasteiger partial charge on any atom is -0.503 e. The molecule has 1 aromatic rings. The van der Waals surface area contributed by atoms with Crippen molar-refractivity contribution in [1.82, 2.24) is 10.2 Å². The molecule has 1 unspecified atom stereocenters. The lowest BCUT2D eigenvalue weighted by molar-refractivity contribution is -0.119. The van der Waals surface area contributed by atoms with E-state index in [1.165, 1.54) is 7.11 Å². The molecule has 5 nitrogen and oxygen atoms in total. The van der Waals surface area contributed by atoms with Gasteiger partial charge in [-0.15, -0.1) is 0 Å². The second-order valence-electron chi connectivity index (χ2n) is 5.05. The van der Waals surface area contributed by atoms with Crippen LogP contribution in [0.15, 0.2) is 16.6 Å². The first kappa shape index (κ1) is 15.1. The summed E-state index contributed by atoms with van der Waals surface area (Å²) in [6.45, 7) is 4.11. The summed E-state index contributed by atoms with van der Waals surface area (Å²) in [5, 5.41) is 12.7. The maximum atomic E-state index is 11.1. The summed E-state index contributed by atoms with van der Waals surface area (Å²) in [6.07, 6.45) is 0.968. The van der Waals surface area contributed by atoms with Crippen LogP contribution in [0.3, 0.4) is 0 Å². The fraction of sp³-hybridized carbons (Fsp3) is 0.500. The number of carbonyl (C=O) groups excluding carboxylic acids is 1. The van der Waals surface area contributed by atoms with Gasteiger partial charge in [0, 0.05) is 32.6 Å². The number of nitrogens with one attached hydrogen (secondary N) is 1. The van der Waals surface area contributed by atoms with Crippen molar-refractivity contribution in [3.8, 4) is 11.5 Å². The molecule has 1 saturated heterocycles. The maximum Gasteiger partial charge on any atom is 0.217 e. The van der Waals surface area contributed by atoms with Gasteiger partial charge < -0.3 is 15.2 Å². The fourth-order valence-corrected chi connectivity index (χ4v) is 3.00. The number of aromatic hydroxyl groups is 1. The second-order valence-corrected chi connectivity index (χ2v) is 5.90. The van der Waals surface area contributed by atoms with Crippen molar-refractivity contribution in [2.45, 2.75) is 25.9 Å². The molecule has 0 bridgehead atoms. The highest BCUT2D eigenvalue weighted by Gasteiger charge is 2.23. The summed E-state index contributed by atoms with van der Waals surface area (Å²) in [6, 6.07) is 3.96. The van der Waals surface area contributed by atoms with Gasteiger partial charge in [0.05, 0.1) is 11.6 Å². The Morgan fingerprint density at radius 2 is 2.35 bits per heavy atom. The van der Waals surface area contributed by atoms with Gasteiger partial charge in [-0.25, -0.2) is 0 Å². The molecular formula is C14H19BrN2O3. The van der Waals surface area contributed by atoms with Gasteiger partial charge in [0.25, 0.3) is 0 Å². The number of carbonyl (C=O) groups is 1. The predicted octanol–water partition coefficient (Wildman–Crippen LogP) is 1.87. The molecule has 1 aromatic carbocycles. The summed E-state index contributed by atoms with van der Waals surface area (Å²) in [5.41, 5.74) is 1.06. The third-order valence-electron chi connectivity index (χ3n) is 3.39. The lowest BCUT2D eigenvalue weighted by atomic mass is 10.2. The lowest BCUT2D eigenvalue weighted by Gasteiger charge is -2.17. The molecule has 1 heterocycles. The van der Waals surface area contributed by atoms with Crippen LogP contribution in [0.1, 0.15) is 18.9 Å². The molecule has 2 N–H and O–H groups in total. The van der Waals surface area contributed by atoms with E-state index in [1.807, 2.05) is 12.1 Å². The number of halogens is 1. The van der Waals surface area contributed by atoms with Gasteiger partial charge in [0.1, 0.15) is 0 Å². The SMILES string of the molecule is COc1cc(CN2CCC(NC(C)=O)C2)cc(Br)c1O. The number of ether oxygens (including phenoxy) is 1. The number of methoxy groups -OCH3 is 1. The number of nitrogens with zero attached hydrogens (tertiary/aromatic N) is 1. The van der Waals surface area contributed by atoms with E-state index in [1.54, 1.807) is 6.92 Å². The molecule has 0 radical (unpaired) electrons. The number of rotatable bonds is 4. The van der Waals surface area contributed by atoms with Crippen molar-refractivity contribution < 1.29 is 14.6 Å². The van der Waals surface area contributed by atoms with Crippen molar-refractivity contribution in [3.05, 3.63) is 22.2 Å². The van der Waals surface area contributed by atoms with Gasteiger partial charge in [-0.1, -0.05) is 0 Å². The van der Waals surface area contributed by atoms with Crippen LogP contribution in [-0.4, -0.2) is 42.2 Å². The summed E-state index contributed by atoms with van der Waals surface area (Å²) in [7, 11) is 1.54. The second kappa shape index (κ2) is 6.45. The number of benzene rings is 1. The van der Waals surface area contributed by atoms with E-state index < -0.39 is 0 Å². The van der Waals surface area contributed by atoms with Gasteiger partial charge in [0.2, 0.25) is 5.91 Å². The van der Waals surface area contributed by atoms with Crippen molar-refractivity contribution in [2.24, 2.45) is 0 Å². The predicted molar refractivity (Wildman–Crippen MR) is 79.9 cm³/mol. The largest absolute Gasteiger partial charge is 0.503 e. The molecule has 0 aromatic heterocycles. The fourth-order valence-electron chi connectivity index (χ4n) is 2.51. The van der Waals surface area contributed by atoms with E-state index in [-0.39, 0.29) is 17.7 Å². The van der Waals surface area contributed by atoms with Crippen LogP contribution in [-0.2, 0) is 11.3 Å². The van der Waals surface area contributed by atoms with Crippen LogP contribution >= 0.6 is 15.9 Å². The lowest BCUT2D eigenvalue weighted by Crippen LogP contribution is -2.35. The van der Waals surface area contributed by atoms with Crippen LogP contribution in [0.25, 0.3) is 0 Å². The molecule has 1 aliphatic rings. The van der Waals surface area contributed by atoms with Crippen molar-refractivity contribution in [3.63, 3.8) is 0 Å². The molecule has 0 spiro atoms. The molecular weight excluding hydrogens is 324 g/mol. The summed E-state index contributed by atoms with van der Waals surface area (Å²) in [5.74, 6) is 0.603. The number of amides is 1. The molecule has 1 fully saturated rings. The Hall–Kier alpha value is -1.27. The smallest absolute Gasteiger partial charge is 0.217 e. The van der Waals surface area contributed by atoms with E-state index in [4.69, 9.17) is 4.74 Å². The number of phenolic OH excluding ortho intramolecular Hbond substituents is 1. The van der Waals surface area contributed by atoms with Crippen LogP contribution in [0.5, 0.6) is 11.5 Å². The molecule has 20 heavy (non-hydrogen) atoms. The third kappa shape index (κ3) is 3.64. The maximum absolute atomic E-state index is 11.1. The van der Waals surface area contributed by atoms with E-state index >= 15 is 0 Å². The van der Waals surface area contributed by atoms with Crippen LogP contribution < -0.4 is 10.1 Å². The molecule has 110 valence electrons. The van der Waals surface area contributed by atoms with E-state index in [2.05, 4.69) is 26.1 Å². The summed E-state index contributed by atoms with van der Waals surface area (Å²) < 4.78 is 5.78. The van der Waals surface area contributed by atoms with E-state index in [0.717, 1.165) is 31.6 Å². The molecule has 1 atom stereocenters. The Kier molecular flexibility index (Phi) is 4.88. The van der Waals surface area contributed by atoms with E-state index in [0.29, 0.717) is 10.2 Å². The molecule has 2 rings (SSSR count). The molecule has 0 aliphatic carbocycles. The van der Waals surface area contributed by atoms with Crippen LogP contribution in [0.4, 0.5) is 0 Å². The first-order chi connectivity index (χ1) is 9.49. The highest BCUT2D eigenvalue weighted by Crippen LogP contribution is 2.35. The summed E-state index contributed by atoms with van der Waals surface area (Å²) in [4.78, 5) is 13.3. The number of likely N-dealkylation sites (tertiary alicyclic amines) is 1. The van der Waals surface area contributed by atoms with Crippen molar-refractivity contribution in [1.29, 1.82) is 0 Å². The quantitative estimate of drug-likeness (QED) is 0.876. The minimum atomic E-state index is 0.0193. The van der Waals surface area contributed by atoms with E-state index in [9.17, 15) is 9.90 Å². The first-order valence-corrected chi connectivity index (χ1v) is 7.33. The zero-order chi connectivity index (χ0) is 14.7. The molecule has 1 aliphatic heterocycles. The van der Waals surface area contributed by atoms with Gasteiger partial charge in [-0.3, -0.25) is 9.69 Å². The standard InChI is InChI=1S/C14H19BrN2O3/c1-9(18)16-11-3-4-17(8-11)7-10-5-12(15)14(19)13(6-10)20-2/h5-6,11,19H,3-4,7-8H2,1-2H3,(H,16,18). The third-order valence-corrected chi connectivity index (χ3v) is 4.00. The van der Waals surface area contributed by atoms with Crippen molar-refractivity contribution >= 4 is 21.8 Å². The van der Waals surface area contributed by atoms with Crippen LogP contribution in [0, 0.1) is 0 Å². The zero-order valence-corrected chi connectivity index (χ0v) is 13.2. The highest BCUT2D eigenvalue weighted by molar-refractivity contribution is 9.10. The Morgan fingerprint density at radius 3 is 3.00 bits per heavy atom. The average Bonchev–Trinajstić information content (AvgIpc) is 2.80. The number of hydrogen-bond donors (Lipinski definition) is 2. The molecule has 1 amide bonds. The highest BCUT2D eigenvalue weighted by atomic mass is 79.9. The van der Waals surface area contributed by atoms with Crippen LogP contribution in [0.2, 0.25) is 0 Å². The molecule has 6 heteroatoms. The average molecular weight is 343 g/mol. The summed E-state index contributed by atoms with van der Waals surface area (Å²) >= 11 is 3.33. The van der Waals surface area contributed by atoms with Gasteiger partial charge >= 0.3 is 0 Å². The topological polar surface area (TPSA) is 61.8 Å². The molecule has 0 saturated carbocycles. The minimum absolute atomic E-state index is 0.0193. The Bertz CT molecular complexity index is 507. The van der Waals surface area contributed by atoms with Gasteiger partial charge in [-0.2, -0.15) is 0 Å². The van der Waals surface area contributed by atoms with Crippen molar-refractivity contribution in [2.75, 3.05) is 20.2 Å².